The van der Waals surface area contributed by atoms with Crippen LogP contribution in [0.15, 0.2) is 0 Å². The van der Waals surface area contributed by atoms with Gasteiger partial charge in [0.15, 0.2) is 0 Å². The summed E-state index contributed by atoms with van der Waals surface area (Å²) in [6, 6.07) is 0. The number of rotatable bonds is 4. The molecule has 9 heavy (non-hydrogen) atoms. The first kappa shape index (κ1) is 9.13. The molecule has 0 amide bonds. The highest BCUT2D eigenvalue weighted by atomic mass is 31.2. The monoisotopic (exact) mass is 154 g/mol. The summed E-state index contributed by atoms with van der Waals surface area (Å²) in [5, 5.41) is 8.11. The number of phosphoric acid groups is 1. The van der Waals surface area contributed by atoms with E-state index in [1.165, 1.54) is 0 Å². The Kier molecular flexibility index (Phi) is 4.09. The molecular formula is C2H8BO5P. The summed E-state index contributed by atoms with van der Waals surface area (Å²) >= 11 is 0. The fourth-order valence-electron chi connectivity index (χ4n) is 0.209. The van der Waals surface area contributed by atoms with Crippen molar-refractivity contribution in [2.75, 3.05) is 13.2 Å². The van der Waals surface area contributed by atoms with Gasteiger partial charge in [-0.3, -0.25) is 4.52 Å². The minimum absolute atomic E-state index is 0.193. The SMILES string of the molecule is BOP(=O)(O)OCCO. The fraction of sp³-hybridized carbons (Fsp3) is 1.00. The van der Waals surface area contributed by atoms with Crippen molar-refractivity contribution in [3.05, 3.63) is 0 Å². The summed E-state index contributed by atoms with van der Waals surface area (Å²) in [4.78, 5) is 8.45. The van der Waals surface area contributed by atoms with E-state index < -0.39 is 7.82 Å². The Hall–Kier alpha value is 0.135. The number of aliphatic hydroxyl groups is 1. The molecule has 0 saturated heterocycles. The second-order valence-electron chi connectivity index (χ2n) is 1.21. The maximum atomic E-state index is 10.3. The molecule has 0 aliphatic rings. The highest BCUT2D eigenvalue weighted by Gasteiger charge is 2.15. The number of aliphatic hydroxyl groups excluding tert-OH is 1. The molecule has 7 heteroatoms. The smallest absolute Gasteiger partial charge is 0.394 e. The van der Waals surface area contributed by atoms with Gasteiger partial charge in [0.1, 0.15) is 0 Å². The van der Waals surface area contributed by atoms with Crippen LogP contribution in [0.2, 0.25) is 0 Å². The normalized spacial score (nSPS) is 17.1. The lowest BCUT2D eigenvalue weighted by atomic mass is 10.6. The molecule has 0 aromatic heterocycles. The Morgan fingerprint density at radius 1 is 1.67 bits per heavy atom. The molecular weight excluding hydrogens is 146 g/mol. The van der Waals surface area contributed by atoms with Crippen LogP contribution in [0, 0.1) is 0 Å². The first-order chi connectivity index (χ1) is 4.12. The Morgan fingerprint density at radius 3 is 2.56 bits per heavy atom. The number of hydrogen-bond acceptors (Lipinski definition) is 4. The third-order valence-electron chi connectivity index (χ3n) is 0.576. The average molecular weight is 154 g/mol. The van der Waals surface area contributed by atoms with Gasteiger partial charge < -0.3 is 14.4 Å². The van der Waals surface area contributed by atoms with E-state index in [-0.39, 0.29) is 13.2 Å². The highest BCUT2D eigenvalue weighted by Crippen LogP contribution is 2.41. The summed E-state index contributed by atoms with van der Waals surface area (Å²) in [6.07, 6.45) is 0. The molecule has 5 nitrogen and oxygen atoms in total. The Labute approximate surface area is 53.7 Å². The van der Waals surface area contributed by atoms with E-state index in [9.17, 15) is 4.57 Å². The lowest BCUT2D eigenvalue weighted by molar-refractivity contribution is 0.158. The topological polar surface area (TPSA) is 76.0 Å². The molecule has 0 rings (SSSR count). The number of phosphoric ester groups is 1. The quantitative estimate of drug-likeness (QED) is 0.387. The van der Waals surface area contributed by atoms with Gasteiger partial charge in [0.2, 0.25) is 0 Å². The van der Waals surface area contributed by atoms with E-state index >= 15 is 0 Å². The third kappa shape index (κ3) is 4.63. The third-order valence-corrected chi connectivity index (χ3v) is 1.55. The predicted molar refractivity (Wildman–Crippen MR) is 32.5 cm³/mol. The largest absolute Gasteiger partial charge is 0.457 e. The molecule has 54 valence electrons. The van der Waals surface area contributed by atoms with Crippen LogP contribution in [0.1, 0.15) is 0 Å². The minimum atomic E-state index is -3.85. The number of hydrogen-bond donors (Lipinski definition) is 2. The van der Waals surface area contributed by atoms with Crippen LogP contribution in [-0.2, 0) is 13.5 Å². The van der Waals surface area contributed by atoms with E-state index in [0.717, 1.165) is 8.05 Å². The van der Waals surface area contributed by atoms with E-state index in [0.29, 0.717) is 0 Å². The van der Waals surface area contributed by atoms with Gasteiger partial charge in [0.25, 0.3) is 8.05 Å². The molecule has 0 bridgehead atoms. The van der Waals surface area contributed by atoms with Crippen molar-refractivity contribution in [1.29, 1.82) is 0 Å². The standard InChI is InChI=1S/C2H8BO5P/c3-8-9(5,6)7-2-1-4/h4H,1-3H2,(H,5,6). The van der Waals surface area contributed by atoms with Crippen LogP contribution in [0.4, 0.5) is 0 Å². The van der Waals surface area contributed by atoms with Crippen LogP contribution in [0.3, 0.4) is 0 Å². The van der Waals surface area contributed by atoms with Crippen LogP contribution >= 0.6 is 7.82 Å². The Balaban J connectivity index is 3.46. The zero-order chi connectivity index (χ0) is 7.33. The highest BCUT2D eigenvalue weighted by molar-refractivity contribution is 7.48. The van der Waals surface area contributed by atoms with Gasteiger partial charge in [-0.1, -0.05) is 0 Å². The zero-order valence-electron chi connectivity index (χ0n) is 4.98. The van der Waals surface area contributed by atoms with Crippen molar-refractivity contribution in [2.24, 2.45) is 0 Å². The maximum absolute atomic E-state index is 10.3. The molecule has 0 aromatic carbocycles. The van der Waals surface area contributed by atoms with Crippen LogP contribution in [0.25, 0.3) is 0 Å². The zero-order valence-corrected chi connectivity index (χ0v) is 5.88. The van der Waals surface area contributed by atoms with Gasteiger partial charge in [-0.2, -0.15) is 0 Å². The van der Waals surface area contributed by atoms with Gasteiger partial charge in [-0.25, -0.2) is 4.57 Å². The van der Waals surface area contributed by atoms with Crippen molar-refractivity contribution in [3.63, 3.8) is 0 Å². The first-order valence-corrected chi connectivity index (χ1v) is 3.76. The van der Waals surface area contributed by atoms with Crippen molar-refractivity contribution < 1.29 is 23.5 Å². The van der Waals surface area contributed by atoms with Crippen LogP contribution in [-0.4, -0.2) is 31.3 Å². The molecule has 1 unspecified atom stereocenters. The summed E-state index contributed by atoms with van der Waals surface area (Å²) in [5.41, 5.74) is 0. The van der Waals surface area contributed by atoms with Crippen molar-refractivity contribution in [3.8, 4) is 0 Å². The lowest BCUT2D eigenvalue weighted by Gasteiger charge is -2.06. The molecule has 0 heterocycles. The summed E-state index contributed by atoms with van der Waals surface area (Å²) in [7, 11) is -2.80. The summed E-state index contributed by atoms with van der Waals surface area (Å²) in [6.45, 7) is -0.491. The molecule has 1 atom stereocenters. The van der Waals surface area contributed by atoms with E-state index in [4.69, 9.17) is 10.00 Å². The van der Waals surface area contributed by atoms with Crippen molar-refractivity contribution >= 4 is 15.9 Å². The van der Waals surface area contributed by atoms with E-state index in [1.54, 1.807) is 0 Å². The predicted octanol–water partition coefficient (Wildman–Crippen LogP) is -1.34. The van der Waals surface area contributed by atoms with Crippen LogP contribution < -0.4 is 0 Å². The molecule has 0 saturated carbocycles. The van der Waals surface area contributed by atoms with Crippen LogP contribution in [0.5, 0.6) is 0 Å². The van der Waals surface area contributed by atoms with Crippen molar-refractivity contribution in [2.45, 2.75) is 0 Å². The molecule has 0 aliphatic carbocycles. The lowest BCUT2D eigenvalue weighted by Crippen LogP contribution is -1.98. The second kappa shape index (κ2) is 4.03. The maximum Gasteiger partial charge on any atom is 0.457 e. The molecule has 0 aromatic rings. The summed E-state index contributed by atoms with van der Waals surface area (Å²) in [5.74, 6) is 0. The van der Waals surface area contributed by atoms with Crippen molar-refractivity contribution in [1.82, 2.24) is 0 Å². The Morgan fingerprint density at radius 2 is 2.22 bits per heavy atom. The summed E-state index contributed by atoms with van der Waals surface area (Å²) < 4.78 is 18.5. The van der Waals surface area contributed by atoms with E-state index in [1.807, 2.05) is 0 Å². The molecule has 0 aliphatic heterocycles. The first-order valence-electron chi connectivity index (χ1n) is 2.26. The van der Waals surface area contributed by atoms with Gasteiger partial charge >= 0.3 is 7.82 Å². The van der Waals surface area contributed by atoms with Gasteiger partial charge in [-0.15, -0.1) is 0 Å². The molecule has 0 radical (unpaired) electrons. The second-order valence-corrected chi connectivity index (χ2v) is 2.77. The van der Waals surface area contributed by atoms with Gasteiger partial charge in [-0.05, 0) is 0 Å². The molecule has 0 fully saturated rings. The fourth-order valence-corrected chi connectivity index (χ4v) is 0.627. The van der Waals surface area contributed by atoms with Gasteiger partial charge in [0, 0.05) is 0 Å². The molecule has 0 spiro atoms. The van der Waals surface area contributed by atoms with E-state index in [2.05, 4.69) is 8.96 Å². The molecule has 2 N–H and O–H groups in total. The van der Waals surface area contributed by atoms with Gasteiger partial charge in [0.05, 0.1) is 13.2 Å². The Bertz CT molecular complexity index is 116. The average Bonchev–Trinajstić information content (AvgIpc) is 1.84. The minimum Gasteiger partial charge on any atom is -0.394 e.